The Morgan fingerprint density at radius 2 is 1.39 bits per heavy atom. The van der Waals surface area contributed by atoms with Crippen molar-refractivity contribution in [1.82, 2.24) is 0 Å². The lowest BCUT2D eigenvalue weighted by Crippen LogP contribution is -2.31. The van der Waals surface area contributed by atoms with E-state index in [1.807, 2.05) is 0 Å². The van der Waals surface area contributed by atoms with E-state index < -0.39 is 0 Å². The Morgan fingerprint density at radius 1 is 0.944 bits per heavy atom. The highest BCUT2D eigenvalue weighted by molar-refractivity contribution is 6.32. The fourth-order valence-electron chi connectivity index (χ4n) is 1.83. The fourth-order valence-corrected chi connectivity index (χ4v) is 1.83. The number of hydrogen-bond acceptors (Lipinski definition) is 3. The van der Waals surface area contributed by atoms with Crippen molar-refractivity contribution >= 4 is 23.3 Å². The van der Waals surface area contributed by atoms with Gasteiger partial charge in [0.25, 0.3) is 11.8 Å². The van der Waals surface area contributed by atoms with E-state index in [4.69, 9.17) is 0 Å². The summed E-state index contributed by atoms with van der Waals surface area (Å²) in [5.41, 5.74) is 1.98. The monoisotopic (exact) mass is 243 g/mol. The number of ketones is 1. The molecule has 0 atom stereocenters. The van der Waals surface area contributed by atoms with Gasteiger partial charge in [-0.1, -0.05) is 0 Å². The maximum Gasteiger partial charge on any atom is 0.261 e. The van der Waals surface area contributed by atoms with Crippen molar-refractivity contribution in [2.24, 2.45) is 0 Å². The molecule has 0 aliphatic carbocycles. The maximum atomic E-state index is 11.9. The van der Waals surface area contributed by atoms with Crippen molar-refractivity contribution in [3.63, 3.8) is 0 Å². The van der Waals surface area contributed by atoms with Crippen LogP contribution in [0.1, 0.15) is 31.1 Å². The molecule has 0 saturated heterocycles. The van der Waals surface area contributed by atoms with Crippen LogP contribution < -0.4 is 4.90 Å². The van der Waals surface area contributed by atoms with Gasteiger partial charge in [0.2, 0.25) is 0 Å². The quantitative estimate of drug-likeness (QED) is 0.590. The van der Waals surface area contributed by atoms with Gasteiger partial charge in [0.05, 0.1) is 5.69 Å². The summed E-state index contributed by atoms with van der Waals surface area (Å²) in [6.07, 6.45) is 0. The Bertz CT molecular complexity index is 558. The average Bonchev–Trinajstić information content (AvgIpc) is 2.54. The lowest BCUT2D eigenvalue weighted by molar-refractivity contribution is -0.120. The largest absolute Gasteiger partial charge is 0.295 e. The molecular weight excluding hydrogens is 230 g/mol. The standard InChI is InChI=1S/C14H13NO3/c1-8-9(2)14(18)15(13(8)17)12-6-4-11(5-7-12)10(3)16/h4-7H,1-3H3. The van der Waals surface area contributed by atoms with Crippen LogP contribution in [0.2, 0.25) is 0 Å². The Hall–Kier alpha value is -2.23. The van der Waals surface area contributed by atoms with E-state index in [1.165, 1.54) is 6.92 Å². The van der Waals surface area contributed by atoms with Crippen LogP contribution >= 0.6 is 0 Å². The lowest BCUT2D eigenvalue weighted by Gasteiger charge is -2.14. The smallest absolute Gasteiger partial charge is 0.261 e. The minimum atomic E-state index is -0.298. The zero-order valence-corrected chi connectivity index (χ0v) is 10.5. The molecule has 0 bridgehead atoms. The number of imide groups is 1. The highest BCUT2D eigenvalue weighted by atomic mass is 16.2. The third-order valence-corrected chi connectivity index (χ3v) is 3.14. The summed E-state index contributed by atoms with van der Waals surface area (Å²) < 4.78 is 0. The summed E-state index contributed by atoms with van der Waals surface area (Å²) in [7, 11) is 0. The van der Waals surface area contributed by atoms with Crippen molar-refractivity contribution in [2.75, 3.05) is 4.90 Å². The van der Waals surface area contributed by atoms with Gasteiger partial charge in [0, 0.05) is 16.7 Å². The summed E-state index contributed by atoms with van der Waals surface area (Å²) in [6, 6.07) is 6.44. The third kappa shape index (κ3) is 1.76. The number of hydrogen-bond donors (Lipinski definition) is 0. The van der Waals surface area contributed by atoms with Crippen LogP contribution in [0.15, 0.2) is 35.4 Å². The van der Waals surface area contributed by atoms with Crippen molar-refractivity contribution in [3.05, 3.63) is 41.0 Å². The van der Waals surface area contributed by atoms with Crippen LogP contribution in [0.5, 0.6) is 0 Å². The summed E-state index contributed by atoms with van der Waals surface area (Å²) in [5.74, 6) is -0.646. The molecule has 1 aromatic carbocycles. The van der Waals surface area contributed by atoms with Gasteiger partial charge in [0.15, 0.2) is 5.78 Å². The molecular formula is C14H13NO3. The average molecular weight is 243 g/mol. The normalized spacial score (nSPS) is 15.6. The topological polar surface area (TPSA) is 54.5 Å². The minimum Gasteiger partial charge on any atom is -0.295 e. The van der Waals surface area contributed by atoms with E-state index in [2.05, 4.69) is 0 Å². The molecule has 92 valence electrons. The molecule has 18 heavy (non-hydrogen) atoms. The number of carbonyl (C=O) groups is 3. The lowest BCUT2D eigenvalue weighted by atomic mass is 10.1. The number of anilines is 1. The molecule has 2 rings (SSSR count). The minimum absolute atomic E-state index is 0.0499. The molecule has 1 heterocycles. The van der Waals surface area contributed by atoms with Crippen LogP contribution in [0.25, 0.3) is 0 Å². The molecule has 0 spiro atoms. The molecule has 1 aliphatic heterocycles. The number of benzene rings is 1. The van der Waals surface area contributed by atoms with Crippen LogP contribution in [-0.4, -0.2) is 17.6 Å². The van der Waals surface area contributed by atoms with E-state index in [1.54, 1.807) is 38.1 Å². The zero-order chi connectivity index (χ0) is 13.4. The molecule has 0 fully saturated rings. The van der Waals surface area contributed by atoms with E-state index >= 15 is 0 Å². The first kappa shape index (κ1) is 12.2. The van der Waals surface area contributed by atoms with Crippen molar-refractivity contribution in [1.29, 1.82) is 0 Å². The van der Waals surface area contributed by atoms with Crippen molar-refractivity contribution < 1.29 is 14.4 Å². The molecule has 0 N–H and O–H groups in total. The first-order valence-electron chi connectivity index (χ1n) is 5.60. The van der Waals surface area contributed by atoms with E-state index in [9.17, 15) is 14.4 Å². The Balaban J connectivity index is 2.37. The number of Topliss-reactive ketones (excluding diaryl/α,β-unsaturated/α-hetero) is 1. The van der Waals surface area contributed by atoms with Gasteiger partial charge in [-0.25, -0.2) is 4.90 Å². The molecule has 0 unspecified atom stereocenters. The summed E-state index contributed by atoms with van der Waals surface area (Å²) in [4.78, 5) is 36.1. The zero-order valence-electron chi connectivity index (χ0n) is 10.5. The van der Waals surface area contributed by atoms with Gasteiger partial charge in [-0.2, -0.15) is 0 Å². The number of carbonyl (C=O) groups excluding carboxylic acids is 3. The highest BCUT2D eigenvalue weighted by Gasteiger charge is 2.34. The number of nitrogens with zero attached hydrogens (tertiary/aromatic N) is 1. The molecule has 1 aliphatic rings. The molecule has 4 heteroatoms. The van der Waals surface area contributed by atoms with Crippen molar-refractivity contribution in [2.45, 2.75) is 20.8 Å². The van der Waals surface area contributed by atoms with Gasteiger partial charge in [-0.05, 0) is 45.0 Å². The first-order valence-corrected chi connectivity index (χ1v) is 5.60. The van der Waals surface area contributed by atoms with Crippen LogP contribution in [0.4, 0.5) is 5.69 Å². The van der Waals surface area contributed by atoms with Gasteiger partial charge in [0.1, 0.15) is 0 Å². The molecule has 0 radical (unpaired) electrons. The molecule has 4 nitrogen and oxygen atoms in total. The Kier molecular flexibility index (Phi) is 2.87. The SMILES string of the molecule is CC(=O)c1ccc(N2C(=O)C(C)=C(C)C2=O)cc1. The van der Waals surface area contributed by atoms with Crippen LogP contribution in [-0.2, 0) is 9.59 Å². The van der Waals surface area contributed by atoms with E-state index in [0.29, 0.717) is 22.4 Å². The van der Waals surface area contributed by atoms with Gasteiger partial charge < -0.3 is 0 Å². The van der Waals surface area contributed by atoms with Gasteiger partial charge in [-0.3, -0.25) is 14.4 Å². The van der Waals surface area contributed by atoms with E-state index in [-0.39, 0.29) is 17.6 Å². The van der Waals surface area contributed by atoms with Gasteiger partial charge in [-0.15, -0.1) is 0 Å². The van der Waals surface area contributed by atoms with Crippen LogP contribution in [0.3, 0.4) is 0 Å². The predicted molar refractivity (Wildman–Crippen MR) is 67.3 cm³/mol. The second-order valence-electron chi connectivity index (χ2n) is 4.30. The molecule has 1 aromatic rings. The maximum absolute atomic E-state index is 11.9. The summed E-state index contributed by atoms with van der Waals surface area (Å²) in [6.45, 7) is 4.75. The molecule has 0 aromatic heterocycles. The second kappa shape index (κ2) is 4.22. The summed E-state index contributed by atoms with van der Waals surface area (Å²) >= 11 is 0. The number of amides is 2. The Labute approximate surface area is 105 Å². The fraction of sp³-hybridized carbons (Fsp3) is 0.214. The first-order chi connectivity index (χ1) is 8.43. The molecule has 0 saturated carbocycles. The second-order valence-corrected chi connectivity index (χ2v) is 4.30. The third-order valence-electron chi connectivity index (χ3n) is 3.14. The van der Waals surface area contributed by atoms with Crippen molar-refractivity contribution in [3.8, 4) is 0 Å². The predicted octanol–water partition coefficient (Wildman–Crippen LogP) is 2.10. The van der Waals surface area contributed by atoms with Gasteiger partial charge >= 0.3 is 0 Å². The Morgan fingerprint density at radius 3 is 1.78 bits per heavy atom. The number of rotatable bonds is 2. The molecule has 2 amide bonds. The van der Waals surface area contributed by atoms with Crippen LogP contribution in [0, 0.1) is 0 Å². The van der Waals surface area contributed by atoms with E-state index in [0.717, 1.165) is 4.90 Å². The highest BCUT2D eigenvalue weighted by Crippen LogP contribution is 2.26. The summed E-state index contributed by atoms with van der Waals surface area (Å²) in [5, 5.41) is 0.